The maximum atomic E-state index is 8.65. The molecule has 10 heavy (non-hydrogen) atoms. The number of aliphatic hydroxyl groups excluding tert-OH is 1. The van der Waals surface area contributed by atoms with Gasteiger partial charge in [0.25, 0.3) is 0 Å². The summed E-state index contributed by atoms with van der Waals surface area (Å²) in [7, 11) is 0. The van der Waals surface area contributed by atoms with E-state index in [0.717, 1.165) is 9.88 Å². The van der Waals surface area contributed by atoms with Crippen LogP contribution in [0.1, 0.15) is 15.9 Å². The Morgan fingerprint density at radius 2 is 2.60 bits per heavy atom. The number of aromatic nitrogens is 1. The van der Waals surface area contributed by atoms with E-state index in [2.05, 4.69) is 4.98 Å². The Morgan fingerprint density at radius 3 is 3.00 bits per heavy atom. The van der Waals surface area contributed by atoms with Crippen molar-refractivity contribution in [3.05, 3.63) is 16.1 Å². The lowest BCUT2D eigenvalue weighted by Crippen LogP contribution is -2.12. The molecule has 0 spiro atoms. The predicted octanol–water partition coefficient (Wildman–Crippen LogP) is 0.444. The van der Waals surface area contributed by atoms with Crippen molar-refractivity contribution in [1.82, 2.24) is 4.98 Å². The van der Waals surface area contributed by atoms with E-state index in [1.807, 2.05) is 6.92 Å². The molecule has 1 aromatic heterocycles. The van der Waals surface area contributed by atoms with Gasteiger partial charge in [0.1, 0.15) is 0 Å². The van der Waals surface area contributed by atoms with Crippen molar-refractivity contribution in [2.75, 3.05) is 6.61 Å². The Bertz CT molecular complexity index is 211. The van der Waals surface area contributed by atoms with E-state index >= 15 is 0 Å². The summed E-state index contributed by atoms with van der Waals surface area (Å²) in [5.74, 6) is 0. The van der Waals surface area contributed by atoms with E-state index in [1.165, 1.54) is 11.3 Å². The number of thiazole rings is 1. The van der Waals surface area contributed by atoms with Crippen LogP contribution in [0.5, 0.6) is 0 Å². The second-order valence-electron chi connectivity index (χ2n) is 2.07. The van der Waals surface area contributed by atoms with Gasteiger partial charge in [0, 0.05) is 11.1 Å². The van der Waals surface area contributed by atoms with Crippen LogP contribution >= 0.6 is 11.3 Å². The van der Waals surface area contributed by atoms with Gasteiger partial charge in [-0.2, -0.15) is 0 Å². The molecule has 1 atom stereocenters. The van der Waals surface area contributed by atoms with Crippen LogP contribution < -0.4 is 5.73 Å². The molecule has 1 aromatic rings. The second kappa shape index (κ2) is 3.09. The van der Waals surface area contributed by atoms with Crippen molar-refractivity contribution in [3.63, 3.8) is 0 Å². The third kappa shape index (κ3) is 1.53. The minimum absolute atomic E-state index is 0.0123. The smallest absolute Gasteiger partial charge is 0.0897 e. The number of hydrogen-bond acceptors (Lipinski definition) is 4. The van der Waals surface area contributed by atoms with Gasteiger partial charge < -0.3 is 10.8 Å². The molecule has 1 heterocycles. The van der Waals surface area contributed by atoms with Gasteiger partial charge in [-0.1, -0.05) is 0 Å². The summed E-state index contributed by atoms with van der Waals surface area (Å²) in [6.45, 7) is 1.90. The molecule has 0 bridgehead atoms. The molecular formula is C6H10N2OS. The first-order valence-electron chi connectivity index (χ1n) is 3.03. The Labute approximate surface area is 63.5 Å². The molecule has 0 saturated carbocycles. The molecule has 0 unspecified atom stereocenters. The number of nitrogens with two attached hydrogens (primary N) is 1. The standard InChI is InChI=1S/C6H10N2OS/c1-4-8-2-6(10-4)5(7)3-9/h2,5,9H,3,7H2,1H3/t5-/m0/s1. The maximum absolute atomic E-state index is 8.65. The van der Waals surface area contributed by atoms with Crippen molar-refractivity contribution in [2.24, 2.45) is 5.73 Å². The van der Waals surface area contributed by atoms with Crippen LogP contribution in [-0.4, -0.2) is 16.7 Å². The minimum atomic E-state index is -0.258. The summed E-state index contributed by atoms with van der Waals surface area (Å²) in [6.07, 6.45) is 1.71. The quantitative estimate of drug-likeness (QED) is 0.656. The van der Waals surface area contributed by atoms with Gasteiger partial charge in [-0.05, 0) is 6.92 Å². The Hall–Kier alpha value is -0.450. The number of rotatable bonds is 2. The predicted molar refractivity (Wildman–Crippen MR) is 40.9 cm³/mol. The summed E-state index contributed by atoms with van der Waals surface area (Å²) >= 11 is 1.52. The summed E-state index contributed by atoms with van der Waals surface area (Å²) in [5, 5.41) is 9.64. The zero-order valence-corrected chi connectivity index (χ0v) is 6.56. The highest BCUT2D eigenvalue weighted by atomic mass is 32.1. The van der Waals surface area contributed by atoms with E-state index in [-0.39, 0.29) is 12.6 Å². The molecule has 0 fully saturated rings. The van der Waals surface area contributed by atoms with Gasteiger partial charge in [0.15, 0.2) is 0 Å². The fourth-order valence-corrected chi connectivity index (χ4v) is 1.42. The van der Waals surface area contributed by atoms with Crippen LogP contribution in [-0.2, 0) is 0 Å². The number of aryl methyl sites for hydroxylation is 1. The Kier molecular flexibility index (Phi) is 2.37. The maximum Gasteiger partial charge on any atom is 0.0897 e. The highest BCUT2D eigenvalue weighted by molar-refractivity contribution is 7.11. The molecule has 3 N–H and O–H groups in total. The Morgan fingerprint density at radius 1 is 1.90 bits per heavy atom. The van der Waals surface area contributed by atoms with Crippen LogP contribution in [0.15, 0.2) is 6.20 Å². The molecule has 4 heteroatoms. The van der Waals surface area contributed by atoms with E-state index in [0.29, 0.717) is 0 Å². The van der Waals surface area contributed by atoms with Gasteiger partial charge in [-0.3, -0.25) is 0 Å². The topological polar surface area (TPSA) is 59.1 Å². The van der Waals surface area contributed by atoms with Gasteiger partial charge >= 0.3 is 0 Å². The second-order valence-corrected chi connectivity index (χ2v) is 3.34. The monoisotopic (exact) mass is 158 g/mol. The Balaban J connectivity index is 2.74. The van der Waals surface area contributed by atoms with E-state index in [9.17, 15) is 0 Å². The van der Waals surface area contributed by atoms with E-state index in [1.54, 1.807) is 6.20 Å². The lowest BCUT2D eigenvalue weighted by molar-refractivity contribution is 0.269. The van der Waals surface area contributed by atoms with Crippen LogP contribution in [0.25, 0.3) is 0 Å². The fraction of sp³-hybridized carbons (Fsp3) is 0.500. The van der Waals surface area contributed by atoms with Crippen LogP contribution in [0, 0.1) is 6.92 Å². The average Bonchev–Trinajstić information content (AvgIpc) is 2.34. The highest BCUT2D eigenvalue weighted by Crippen LogP contribution is 2.17. The molecular weight excluding hydrogens is 148 g/mol. The van der Waals surface area contributed by atoms with E-state index < -0.39 is 0 Å². The van der Waals surface area contributed by atoms with Crippen LogP contribution in [0.4, 0.5) is 0 Å². The molecule has 0 radical (unpaired) electrons. The zero-order valence-electron chi connectivity index (χ0n) is 5.74. The number of hydrogen-bond donors (Lipinski definition) is 2. The molecule has 0 aliphatic carbocycles. The number of nitrogens with zero attached hydrogens (tertiary/aromatic N) is 1. The fourth-order valence-electron chi connectivity index (χ4n) is 0.639. The molecule has 0 amide bonds. The van der Waals surface area contributed by atoms with Gasteiger partial charge in [0.05, 0.1) is 17.7 Å². The normalized spacial score (nSPS) is 13.5. The van der Waals surface area contributed by atoms with Crippen molar-refractivity contribution in [2.45, 2.75) is 13.0 Å². The SMILES string of the molecule is Cc1ncc([C@@H](N)CO)s1. The zero-order chi connectivity index (χ0) is 7.56. The van der Waals surface area contributed by atoms with Crippen molar-refractivity contribution >= 4 is 11.3 Å². The molecule has 0 aromatic carbocycles. The van der Waals surface area contributed by atoms with Gasteiger partial charge in [0.2, 0.25) is 0 Å². The molecule has 1 rings (SSSR count). The van der Waals surface area contributed by atoms with Crippen molar-refractivity contribution in [1.29, 1.82) is 0 Å². The minimum Gasteiger partial charge on any atom is -0.394 e. The lowest BCUT2D eigenvalue weighted by Gasteiger charge is -2.01. The molecule has 0 aliphatic heterocycles. The third-order valence-corrected chi connectivity index (χ3v) is 2.25. The molecule has 0 saturated heterocycles. The van der Waals surface area contributed by atoms with Crippen LogP contribution in [0.3, 0.4) is 0 Å². The highest BCUT2D eigenvalue weighted by Gasteiger charge is 2.06. The summed E-state index contributed by atoms with van der Waals surface area (Å²) < 4.78 is 0. The average molecular weight is 158 g/mol. The first-order chi connectivity index (χ1) is 4.74. The third-order valence-electron chi connectivity index (χ3n) is 1.20. The largest absolute Gasteiger partial charge is 0.394 e. The van der Waals surface area contributed by atoms with Crippen LogP contribution in [0.2, 0.25) is 0 Å². The van der Waals surface area contributed by atoms with E-state index in [4.69, 9.17) is 10.8 Å². The summed E-state index contributed by atoms with van der Waals surface area (Å²) in [6, 6.07) is -0.258. The molecule has 0 aliphatic rings. The summed E-state index contributed by atoms with van der Waals surface area (Å²) in [5.41, 5.74) is 5.53. The van der Waals surface area contributed by atoms with Gasteiger partial charge in [-0.15, -0.1) is 11.3 Å². The first-order valence-corrected chi connectivity index (χ1v) is 3.84. The molecule has 56 valence electrons. The first kappa shape index (κ1) is 7.65. The van der Waals surface area contributed by atoms with Crippen molar-refractivity contribution in [3.8, 4) is 0 Å². The number of aliphatic hydroxyl groups is 1. The molecule has 3 nitrogen and oxygen atoms in total. The van der Waals surface area contributed by atoms with Crippen molar-refractivity contribution < 1.29 is 5.11 Å². The lowest BCUT2D eigenvalue weighted by atomic mass is 10.3. The summed E-state index contributed by atoms with van der Waals surface area (Å²) in [4.78, 5) is 4.96. The van der Waals surface area contributed by atoms with Gasteiger partial charge in [-0.25, -0.2) is 4.98 Å².